The number of esters is 1. The minimum atomic E-state index is -5.08. The van der Waals surface area contributed by atoms with Crippen molar-refractivity contribution in [3.63, 3.8) is 0 Å². The average molecular weight is 1530 g/mol. The highest BCUT2D eigenvalue weighted by molar-refractivity contribution is 6.00. The van der Waals surface area contributed by atoms with E-state index < -0.39 is 216 Å². The van der Waals surface area contributed by atoms with Gasteiger partial charge in [0.2, 0.25) is 65.0 Å². The third kappa shape index (κ3) is 35.5. The second kappa shape index (κ2) is 43.8. The minimum Gasteiger partial charge on any atom is -0.475 e. The van der Waals surface area contributed by atoms with Crippen LogP contribution in [0, 0.1) is 28.6 Å². The van der Waals surface area contributed by atoms with Crippen LogP contribution < -0.4 is 76.1 Å². The number of benzene rings is 1. The number of ether oxygens (including phenoxy) is 1. The molecule has 1 aliphatic rings. The van der Waals surface area contributed by atoms with Gasteiger partial charge < -0.3 is 111 Å². The molecule has 1 saturated heterocycles. The topological polar surface area (TPSA) is 606 Å². The SMILES string of the molecule is CC[C@H](C)C1NC(=O)[C@@H](CCCN=C(N)N)NC(=O)[C@H](CC(C)C)NC(=O)[C@H]([C@H](O)C(C)C)NC(=O)C(NC(=O)[C@H](CC(C)(C)C)NC(=O)C(N)CC(C)(C)C)[C@@H](c2ccccc2)OC(=O)[C@H](CO)NC(=O)[C@H]([C@H](O)C(N)=O)NC(=O)CNC(=O)[C@H]([C@H](C)O)NC1=O.O=C(O)C(F)(F)F.O=C(O)C(F)(F)F. The second-order valence-electron chi connectivity index (χ2n) is 27.9. The number of halogens is 6. The highest BCUT2D eigenvalue weighted by Gasteiger charge is 2.45. The van der Waals surface area contributed by atoms with E-state index in [0.717, 1.165) is 6.92 Å². The number of carbonyl (C=O) groups excluding carboxylic acids is 12. The molecule has 36 nitrogen and oxygen atoms in total. The van der Waals surface area contributed by atoms with Crippen LogP contribution >= 0.6 is 0 Å². The lowest BCUT2D eigenvalue weighted by Gasteiger charge is -2.34. The number of hydrogen-bond donors (Lipinski definition) is 20. The van der Waals surface area contributed by atoms with Gasteiger partial charge in [0.25, 0.3) is 0 Å². The monoisotopic (exact) mass is 1530 g/mol. The Morgan fingerprint density at radius 1 is 0.623 bits per heavy atom. The van der Waals surface area contributed by atoms with E-state index in [1.54, 1.807) is 48.5 Å². The number of aliphatic carboxylic acids is 2. The Hall–Kier alpha value is -9.55. The van der Waals surface area contributed by atoms with Crippen LogP contribution in [-0.4, -0.2) is 230 Å². The molecule has 11 amide bonds. The number of aliphatic hydroxyl groups is 4. The molecule has 106 heavy (non-hydrogen) atoms. The number of aliphatic imine (C=N–C) groups is 1. The molecule has 0 radical (unpaired) electrons. The molecule has 0 aromatic heterocycles. The second-order valence-corrected chi connectivity index (χ2v) is 27.9. The van der Waals surface area contributed by atoms with Crippen molar-refractivity contribution in [2.45, 2.75) is 226 Å². The molecular formula is C64H103F6N15O21. The summed E-state index contributed by atoms with van der Waals surface area (Å²) in [5, 5.41) is 82.5. The zero-order chi connectivity index (χ0) is 82.4. The number of cyclic esters (lactones) is 1. The maximum Gasteiger partial charge on any atom is 0.490 e. The van der Waals surface area contributed by atoms with Crippen molar-refractivity contribution in [1.29, 1.82) is 0 Å². The number of hydrogen-bond acceptors (Lipinski definition) is 21. The van der Waals surface area contributed by atoms with E-state index in [2.05, 4.69) is 47.5 Å². The quantitative estimate of drug-likeness (QED) is 0.0188. The molecule has 2 rings (SSSR count). The first-order valence-corrected chi connectivity index (χ1v) is 33.1. The summed E-state index contributed by atoms with van der Waals surface area (Å²) in [5.74, 6) is -22.4. The largest absolute Gasteiger partial charge is 0.490 e. The van der Waals surface area contributed by atoms with Gasteiger partial charge in [-0.1, -0.05) is 120 Å². The molecule has 15 atom stereocenters. The zero-order valence-electron chi connectivity index (χ0n) is 60.9. The molecule has 0 bridgehead atoms. The number of carboxylic acid groups (broad SMARTS) is 2. The molecule has 42 heteroatoms. The number of alkyl halides is 6. The lowest BCUT2D eigenvalue weighted by Crippen LogP contribution is -2.64. The number of nitrogens with one attached hydrogen (secondary N) is 10. The molecule has 0 spiro atoms. The smallest absolute Gasteiger partial charge is 0.475 e. The number of amides is 11. The van der Waals surface area contributed by atoms with Crippen molar-refractivity contribution >= 4 is 88.8 Å². The third-order valence-corrected chi connectivity index (χ3v) is 15.1. The van der Waals surface area contributed by atoms with E-state index in [9.17, 15) is 99.5 Å². The summed E-state index contributed by atoms with van der Waals surface area (Å²) in [6.07, 6.45) is -18.3. The van der Waals surface area contributed by atoms with Gasteiger partial charge in [0.15, 0.2) is 24.2 Å². The highest BCUT2D eigenvalue weighted by Crippen LogP contribution is 2.27. The zero-order valence-corrected chi connectivity index (χ0v) is 60.9. The van der Waals surface area contributed by atoms with Crippen molar-refractivity contribution < 1.29 is 129 Å². The van der Waals surface area contributed by atoms with Crippen molar-refractivity contribution in [3.8, 4) is 0 Å². The summed E-state index contributed by atoms with van der Waals surface area (Å²) in [6.45, 7) is 19.0. The summed E-state index contributed by atoms with van der Waals surface area (Å²) in [7, 11) is 0. The predicted octanol–water partition coefficient (Wildman–Crippen LogP) is -3.39. The fourth-order valence-electron chi connectivity index (χ4n) is 9.51. The highest BCUT2D eigenvalue weighted by atomic mass is 19.4. The summed E-state index contributed by atoms with van der Waals surface area (Å²) in [4.78, 5) is 192. The maximum absolute atomic E-state index is 15.4. The van der Waals surface area contributed by atoms with E-state index >= 15 is 4.79 Å². The number of aliphatic hydroxyl groups excluding tert-OH is 4. The molecule has 0 saturated carbocycles. The summed E-state index contributed by atoms with van der Waals surface area (Å²) >= 11 is 0. The van der Waals surface area contributed by atoms with Crippen LogP contribution in [-0.2, 0) is 71.9 Å². The van der Waals surface area contributed by atoms with Gasteiger partial charge in [-0.15, -0.1) is 0 Å². The first kappa shape index (κ1) is 96.4. The van der Waals surface area contributed by atoms with E-state index in [-0.39, 0.29) is 62.5 Å². The molecule has 1 heterocycles. The number of carbonyl (C=O) groups is 14. The Bertz CT molecular complexity index is 3160. The standard InChI is InChI=1S/C60H101N15O17.2C2HF3O2/c1-14-30(6)39-53(87)73-40(31(7)77)52(86)66-26-38(78)71-42(45(80)47(62)81)55(89)70-37(27-76)57(91)92-46(32-19-16-15-17-20-32)43(75-51(85)36(25-60(11,12)13)69-48(82)33(61)24-59(8,9)10)56(90)74-41(44(79)29(4)5)54(88)68-35(23-28(2)3)50(84)67-34(49(83)72-39)21-18-22-65-58(63)64;2*3-2(4,5)1(6)7/h15-17,19-20,28-31,33-37,39-46,76-77,79-80H,14,18,21-27,61H2,1-13H3,(H2,62,81)(H,66,86)(H,67,84)(H,68,88)(H,69,82)(H,70,89)(H,71,78)(H,72,83)(H,73,87)(H,74,90)(H,75,85)(H4,63,64,65);2*(H,6,7)/t30-,31-,33?,34+,35-,36-,37-,39?,40-,41-,42-,43?,44+,45-,46+;;/m0../s1. The van der Waals surface area contributed by atoms with Crippen LogP contribution in [0.15, 0.2) is 35.3 Å². The lowest BCUT2D eigenvalue weighted by atomic mass is 9.86. The molecule has 0 aliphatic carbocycles. The normalized spacial score (nSPS) is 22.9. The lowest BCUT2D eigenvalue weighted by molar-refractivity contribution is -0.193. The number of carboxylic acids is 2. The number of nitrogens with zero attached hydrogens (tertiary/aromatic N) is 1. The van der Waals surface area contributed by atoms with Crippen molar-refractivity contribution in [2.24, 2.45) is 56.5 Å². The fourth-order valence-corrected chi connectivity index (χ4v) is 9.51. The van der Waals surface area contributed by atoms with Gasteiger partial charge in [-0.2, -0.15) is 26.3 Å². The van der Waals surface area contributed by atoms with Gasteiger partial charge in [-0.25, -0.2) is 14.4 Å². The summed E-state index contributed by atoms with van der Waals surface area (Å²) in [6, 6.07) is -10.9. The molecule has 3 unspecified atom stereocenters. The van der Waals surface area contributed by atoms with Crippen LogP contribution in [0.1, 0.15) is 140 Å². The first-order chi connectivity index (χ1) is 48.5. The first-order valence-electron chi connectivity index (χ1n) is 33.1. The Labute approximate surface area is 606 Å². The Morgan fingerprint density at radius 3 is 1.55 bits per heavy atom. The number of rotatable bonds is 21. The molecular weight excluding hydrogens is 1430 g/mol. The number of guanidine groups is 1. The predicted molar refractivity (Wildman–Crippen MR) is 363 cm³/mol. The van der Waals surface area contributed by atoms with E-state index in [1.807, 2.05) is 31.4 Å². The van der Waals surface area contributed by atoms with Crippen molar-refractivity contribution in [3.05, 3.63) is 35.9 Å². The number of primary amides is 1. The van der Waals surface area contributed by atoms with Gasteiger partial charge in [0.1, 0.15) is 48.3 Å². The van der Waals surface area contributed by atoms with Crippen molar-refractivity contribution in [2.75, 3.05) is 19.7 Å². The third-order valence-electron chi connectivity index (χ3n) is 15.1. The van der Waals surface area contributed by atoms with Crippen LogP contribution in [0.3, 0.4) is 0 Å². The molecule has 1 fully saturated rings. The van der Waals surface area contributed by atoms with Gasteiger partial charge in [0, 0.05) is 6.54 Å². The molecule has 602 valence electrons. The maximum atomic E-state index is 15.4. The minimum absolute atomic E-state index is 0.0445. The van der Waals surface area contributed by atoms with Crippen molar-refractivity contribution in [1.82, 2.24) is 53.2 Å². The van der Waals surface area contributed by atoms with Gasteiger partial charge >= 0.3 is 30.3 Å². The van der Waals surface area contributed by atoms with Crippen LogP contribution in [0.5, 0.6) is 0 Å². The van der Waals surface area contributed by atoms with Gasteiger partial charge in [0.05, 0.1) is 31.4 Å². The Morgan fingerprint density at radius 2 is 1.09 bits per heavy atom. The molecule has 24 N–H and O–H groups in total. The van der Waals surface area contributed by atoms with Crippen LogP contribution in [0.2, 0.25) is 0 Å². The van der Waals surface area contributed by atoms with Crippen LogP contribution in [0.4, 0.5) is 26.3 Å². The molecule has 1 aromatic rings. The van der Waals surface area contributed by atoms with E-state index in [4.69, 9.17) is 47.5 Å². The summed E-state index contributed by atoms with van der Waals surface area (Å²) < 4.78 is 69.4. The van der Waals surface area contributed by atoms with E-state index in [0.29, 0.717) is 0 Å². The van der Waals surface area contributed by atoms with Crippen LogP contribution in [0.25, 0.3) is 0 Å². The van der Waals surface area contributed by atoms with Gasteiger partial charge in [-0.3, -0.25) is 57.7 Å². The molecule has 1 aromatic carbocycles. The summed E-state index contributed by atoms with van der Waals surface area (Å²) in [5.41, 5.74) is 21.5. The Balaban J connectivity index is 0.00000710. The van der Waals surface area contributed by atoms with Gasteiger partial charge in [-0.05, 0) is 73.2 Å². The Kier molecular flexibility index (Phi) is 39.8. The van der Waals surface area contributed by atoms with E-state index in [1.165, 1.54) is 44.2 Å². The molecule has 1 aliphatic heterocycles. The number of nitrogens with two attached hydrogens (primary N) is 4. The average Bonchev–Trinajstić information content (AvgIpc) is 0.810. The fraction of sp³-hybridized carbons (Fsp3) is 0.672.